The van der Waals surface area contributed by atoms with Crippen molar-refractivity contribution in [2.75, 3.05) is 31.9 Å². The van der Waals surface area contributed by atoms with E-state index in [2.05, 4.69) is 0 Å². The minimum absolute atomic E-state index is 0.0882. The molecule has 2 rings (SSSR count). The van der Waals surface area contributed by atoms with Crippen LogP contribution in [0.15, 0.2) is 0 Å². The Balaban J connectivity index is 1.76. The van der Waals surface area contributed by atoms with Crippen molar-refractivity contribution in [2.45, 2.75) is 25.9 Å². The lowest BCUT2D eigenvalue weighted by Gasteiger charge is -2.34. The molecule has 2 atom stereocenters. The van der Waals surface area contributed by atoms with E-state index in [1.165, 1.54) is 11.8 Å². The zero-order valence-corrected chi connectivity index (χ0v) is 11.5. The molecule has 2 fully saturated rings. The fourth-order valence-electron chi connectivity index (χ4n) is 2.38. The highest BCUT2D eigenvalue weighted by atomic mass is 32.2. The lowest BCUT2D eigenvalue weighted by Crippen LogP contribution is -2.45. The highest BCUT2D eigenvalue weighted by Crippen LogP contribution is 2.19. The summed E-state index contributed by atoms with van der Waals surface area (Å²) in [6.45, 7) is 4.50. The second kappa shape index (κ2) is 5.93. The maximum atomic E-state index is 12.0. The van der Waals surface area contributed by atoms with E-state index in [0.717, 1.165) is 12.3 Å². The Morgan fingerprint density at radius 1 is 1.50 bits per heavy atom. The summed E-state index contributed by atoms with van der Waals surface area (Å²) in [5, 5.41) is 9.71. The van der Waals surface area contributed by atoms with Crippen LogP contribution in [0.2, 0.25) is 0 Å². The van der Waals surface area contributed by atoms with Crippen molar-refractivity contribution in [3.8, 4) is 0 Å². The molecule has 0 aromatic heterocycles. The normalized spacial score (nSPS) is 28.9. The quantitative estimate of drug-likeness (QED) is 0.824. The number of carbonyl (C=O) groups is 2. The fraction of sp³-hybridized carbons (Fsp3) is 0.833. The molecule has 2 unspecified atom stereocenters. The number of thioether (sulfide) groups is 1. The van der Waals surface area contributed by atoms with Crippen LogP contribution in [-0.2, 0) is 4.79 Å². The summed E-state index contributed by atoms with van der Waals surface area (Å²) in [5.41, 5.74) is 0. The molecule has 2 aliphatic heterocycles. The molecule has 0 aromatic carbocycles. The van der Waals surface area contributed by atoms with Crippen LogP contribution in [0.3, 0.4) is 0 Å². The van der Waals surface area contributed by atoms with Gasteiger partial charge in [-0.05, 0) is 12.3 Å². The van der Waals surface area contributed by atoms with Crippen molar-refractivity contribution < 1.29 is 14.7 Å². The zero-order chi connectivity index (χ0) is 13.1. The molecule has 2 saturated heterocycles. The van der Waals surface area contributed by atoms with Crippen molar-refractivity contribution in [2.24, 2.45) is 5.92 Å². The largest absolute Gasteiger partial charge is 0.393 e. The minimum Gasteiger partial charge on any atom is -0.393 e. The van der Waals surface area contributed by atoms with Crippen LogP contribution in [0.5, 0.6) is 0 Å². The minimum atomic E-state index is -0.286. The maximum Gasteiger partial charge on any atom is 0.281 e. The van der Waals surface area contributed by atoms with Crippen LogP contribution < -0.4 is 0 Å². The predicted octanol–water partition coefficient (Wildman–Crippen LogP) is 0.775. The van der Waals surface area contributed by atoms with E-state index in [1.54, 1.807) is 4.90 Å². The second-order valence-electron chi connectivity index (χ2n) is 5.02. The highest BCUT2D eigenvalue weighted by Gasteiger charge is 2.28. The summed E-state index contributed by atoms with van der Waals surface area (Å²) >= 11 is 1.32. The Bertz CT molecular complexity index is 337. The number of hydrogen-bond donors (Lipinski definition) is 1. The lowest BCUT2D eigenvalue weighted by molar-refractivity contribution is -0.134. The SMILES string of the molecule is CC1CN(C(=O)CCN2CCSC2=O)CCC1O. The zero-order valence-electron chi connectivity index (χ0n) is 10.7. The van der Waals surface area contributed by atoms with Gasteiger partial charge in [0.2, 0.25) is 5.91 Å². The van der Waals surface area contributed by atoms with E-state index in [1.807, 2.05) is 11.8 Å². The summed E-state index contributed by atoms with van der Waals surface area (Å²) in [6, 6.07) is 0. The van der Waals surface area contributed by atoms with Gasteiger partial charge in [0.25, 0.3) is 5.24 Å². The monoisotopic (exact) mass is 272 g/mol. The molecule has 0 radical (unpaired) electrons. The van der Waals surface area contributed by atoms with Gasteiger partial charge in [0.05, 0.1) is 6.10 Å². The molecule has 2 heterocycles. The van der Waals surface area contributed by atoms with E-state index in [9.17, 15) is 14.7 Å². The third-order valence-electron chi connectivity index (χ3n) is 3.65. The van der Waals surface area contributed by atoms with Crippen molar-refractivity contribution in [3.05, 3.63) is 0 Å². The summed E-state index contributed by atoms with van der Waals surface area (Å²) in [6.07, 6.45) is 0.770. The molecule has 0 saturated carbocycles. The molecule has 0 spiro atoms. The number of aliphatic hydroxyl groups is 1. The van der Waals surface area contributed by atoms with Crippen LogP contribution >= 0.6 is 11.8 Å². The third kappa shape index (κ3) is 3.17. The van der Waals surface area contributed by atoms with Crippen molar-refractivity contribution in [1.29, 1.82) is 0 Å². The predicted molar refractivity (Wildman–Crippen MR) is 70.4 cm³/mol. The lowest BCUT2D eigenvalue weighted by atomic mass is 9.96. The van der Waals surface area contributed by atoms with E-state index >= 15 is 0 Å². The van der Waals surface area contributed by atoms with E-state index in [4.69, 9.17) is 0 Å². The van der Waals surface area contributed by atoms with Crippen LogP contribution in [-0.4, -0.2) is 64.1 Å². The van der Waals surface area contributed by atoms with Gasteiger partial charge in [0, 0.05) is 38.4 Å². The van der Waals surface area contributed by atoms with Crippen molar-refractivity contribution in [1.82, 2.24) is 9.80 Å². The number of hydrogen-bond acceptors (Lipinski definition) is 4. The van der Waals surface area contributed by atoms with Gasteiger partial charge in [0.1, 0.15) is 0 Å². The molecule has 2 aliphatic rings. The molecule has 1 N–H and O–H groups in total. The summed E-state index contributed by atoms with van der Waals surface area (Å²) in [4.78, 5) is 27.0. The van der Waals surface area contributed by atoms with Gasteiger partial charge >= 0.3 is 0 Å². The smallest absolute Gasteiger partial charge is 0.281 e. The molecule has 5 nitrogen and oxygen atoms in total. The Hall–Kier alpha value is -0.750. The third-order valence-corrected chi connectivity index (χ3v) is 4.55. The molecule has 0 aromatic rings. The number of amides is 2. The first-order valence-corrected chi connectivity index (χ1v) is 7.44. The first-order chi connectivity index (χ1) is 8.58. The van der Waals surface area contributed by atoms with Gasteiger partial charge < -0.3 is 14.9 Å². The van der Waals surface area contributed by atoms with Crippen molar-refractivity contribution >= 4 is 22.9 Å². The maximum absolute atomic E-state index is 12.0. The fourth-order valence-corrected chi connectivity index (χ4v) is 3.23. The highest BCUT2D eigenvalue weighted by molar-refractivity contribution is 8.13. The topological polar surface area (TPSA) is 60.9 Å². The average Bonchev–Trinajstić information content (AvgIpc) is 2.75. The van der Waals surface area contributed by atoms with Gasteiger partial charge in [-0.3, -0.25) is 9.59 Å². The van der Waals surface area contributed by atoms with E-state index < -0.39 is 0 Å². The van der Waals surface area contributed by atoms with Crippen LogP contribution in [0.25, 0.3) is 0 Å². The molecule has 0 aliphatic carbocycles. The van der Waals surface area contributed by atoms with Gasteiger partial charge in [-0.15, -0.1) is 0 Å². The first kappa shape index (κ1) is 13.7. The first-order valence-electron chi connectivity index (χ1n) is 6.45. The Morgan fingerprint density at radius 2 is 2.28 bits per heavy atom. The van der Waals surface area contributed by atoms with E-state index in [-0.39, 0.29) is 23.2 Å². The van der Waals surface area contributed by atoms with Crippen LogP contribution in [0, 0.1) is 5.92 Å². The number of likely N-dealkylation sites (tertiary alicyclic amines) is 1. The Morgan fingerprint density at radius 3 is 2.89 bits per heavy atom. The van der Waals surface area contributed by atoms with E-state index in [0.29, 0.717) is 32.5 Å². The van der Waals surface area contributed by atoms with Gasteiger partial charge in [-0.1, -0.05) is 18.7 Å². The van der Waals surface area contributed by atoms with Crippen LogP contribution in [0.4, 0.5) is 4.79 Å². The molecule has 18 heavy (non-hydrogen) atoms. The number of carbonyl (C=O) groups excluding carboxylic acids is 2. The molecular formula is C12H20N2O3S. The van der Waals surface area contributed by atoms with Gasteiger partial charge in [-0.2, -0.15) is 0 Å². The molecule has 6 heteroatoms. The van der Waals surface area contributed by atoms with Crippen LogP contribution in [0.1, 0.15) is 19.8 Å². The molecule has 102 valence electrons. The molecule has 2 amide bonds. The Kier molecular flexibility index (Phi) is 4.50. The van der Waals surface area contributed by atoms with Gasteiger partial charge in [0.15, 0.2) is 0 Å². The summed E-state index contributed by atoms with van der Waals surface area (Å²) < 4.78 is 0. The standard InChI is InChI=1S/C12H20N2O3S/c1-9-8-14(4-2-10(9)15)11(16)3-5-13-6-7-18-12(13)17/h9-10,15H,2-8H2,1H3. The average molecular weight is 272 g/mol. The number of nitrogens with zero attached hydrogens (tertiary/aromatic N) is 2. The number of rotatable bonds is 3. The second-order valence-corrected chi connectivity index (χ2v) is 6.07. The summed E-state index contributed by atoms with van der Waals surface area (Å²) in [5.74, 6) is 1.07. The Labute approximate surface area is 112 Å². The number of aliphatic hydroxyl groups excluding tert-OH is 1. The number of piperidine rings is 1. The molecule has 0 bridgehead atoms. The van der Waals surface area contributed by atoms with Crippen molar-refractivity contribution in [3.63, 3.8) is 0 Å². The summed E-state index contributed by atoms with van der Waals surface area (Å²) in [7, 11) is 0. The van der Waals surface area contributed by atoms with Gasteiger partial charge in [-0.25, -0.2) is 0 Å². The molecular weight excluding hydrogens is 252 g/mol.